The highest BCUT2D eigenvalue weighted by Gasteiger charge is 2.12. The predicted molar refractivity (Wildman–Crippen MR) is 105 cm³/mol. The number of carbonyl (C=O) groups excluding carboxylic acids is 2. The molecule has 138 valence electrons. The van der Waals surface area contributed by atoms with Gasteiger partial charge in [-0.2, -0.15) is 0 Å². The maximum Gasteiger partial charge on any atom is 0.251 e. The molecule has 0 saturated carbocycles. The lowest BCUT2D eigenvalue weighted by atomic mass is 9.99. The molecule has 1 atom stereocenters. The van der Waals surface area contributed by atoms with Crippen molar-refractivity contribution in [2.24, 2.45) is 0 Å². The Morgan fingerprint density at radius 1 is 0.962 bits per heavy atom. The van der Waals surface area contributed by atoms with Crippen LogP contribution in [0, 0.1) is 0 Å². The quantitative estimate of drug-likeness (QED) is 0.726. The Balaban J connectivity index is 1.87. The summed E-state index contributed by atoms with van der Waals surface area (Å²) in [7, 11) is 0. The molecule has 4 nitrogen and oxygen atoms in total. The van der Waals surface area contributed by atoms with Gasteiger partial charge in [0.1, 0.15) is 0 Å². The highest BCUT2D eigenvalue weighted by atomic mass is 16.2. The molecule has 0 aliphatic carbocycles. The fraction of sp³-hybridized carbons (Fsp3) is 0.364. The molecular formula is C22H28N2O2. The van der Waals surface area contributed by atoms with Gasteiger partial charge in [-0.15, -0.1) is 0 Å². The molecule has 2 aromatic rings. The molecule has 0 fully saturated rings. The molecule has 0 aliphatic heterocycles. The molecule has 2 amide bonds. The van der Waals surface area contributed by atoms with Gasteiger partial charge in [0.05, 0.1) is 0 Å². The van der Waals surface area contributed by atoms with E-state index in [9.17, 15) is 9.59 Å². The summed E-state index contributed by atoms with van der Waals surface area (Å²) < 4.78 is 0. The van der Waals surface area contributed by atoms with E-state index in [1.54, 1.807) is 0 Å². The molecule has 0 saturated heterocycles. The van der Waals surface area contributed by atoms with E-state index in [0.717, 1.165) is 24.8 Å². The summed E-state index contributed by atoms with van der Waals surface area (Å²) >= 11 is 0. The third kappa shape index (κ3) is 6.36. The number of aryl methyl sites for hydroxylation is 2. The van der Waals surface area contributed by atoms with Crippen LogP contribution in [0.2, 0.25) is 0 Å². The van der Waals surface area contributed by atoms with E-state index < -0.39 is 0 Å². The standard InChI is InChI=1S/C22H28N2O2/c1-3-17(2)24-21(25)15-16-23-22(26)20-12-8-7-11-19(20)14-13-18-9-5-4-6-10-18/h4-12,17H,3,13-16H2,1-2H3,(H,23,26)(H,24,25). The molecule has 26 heavy (non-hydrogen) atoms. The molecule has 2 aromatic carbocycles. The van der Waals surface area contributed by atoms with Crippen LogP contribution in [0.15, 0.2) is 54.6 Å². The third-order valence-electron chi connectivity index (χ3n) is 4.45. The van der Waals surface area contributed by atoms with E-state index in [4.69, 9.17) is 0 Å². The van der Waals surface area contributed by atoms with E-state index in [-0.39, 0.29) is 17.9 Å². The van der Waals surface area contributed by atoms with Crippen LogP contribution in [0.4, 0.5) is 0 Å². The molecular weight excluding hydrogens is 324 g/mol. The first-order chi connectivity index (χ1) is 12.6. The maximum atomic E-state index is 12.5. The van der Waals surface area contributed by atoms with Crippen LogP contribution in [0.25, 0.3) is 0 Å². The Labute approximate surface area is 156 Å². The monoisotopic (exact) mass is 352 g/mol. The summed E-state index contributed by atoms with van der Waals surface area (Å²) in [5.41, 5.74) is 2.97. The summed E-state index contributed by atoms with van der Waals surface area (Å²) in [6.45, 7) is 4.34. The summed E-state index contributed by atoms with van der Waals surface area (Å²) in [5, 5.41) is 5.76. The topological polar surface area (TPSA) is 58.2 Å². The SMILES string of the molecule is CCC(C)NC(=O)CCNC(=O)c1ccccc1CCc1ccccc1. The van der Waals surface area contributed by atoms with Crippen molar-refractivity contribution in [3.05, 3.63) is 71.3 Å². The Morgan fingerprint density at radius 2 is 1.65 bits per heavy atom. The van der Waals surface area contributed by atoms with Crippen LogP contribution < -0.4 is 10.6 Å². The summed E-state index contributed by atoms with van der Waals surface area (Å²) in [6.07, 6.45) is 2.89. The maximum absolute atomic E-state index is 12.5. The van der Waals surface area contributed by atoms with Crippen molar-refractivity contribution in [1.29, 1.82) is 0 Å². The van der Waals surface area contributed by atoms with Crippen molar-refractivity contribution < 1.29 is 9.59 Å². The number of carbonyl (C=O) groups is 2. The second-order valence-electron chi connectivity index (χ2n) is 6.53. The van der Waals surface area contributed by atoms with Crippen molar-refractivity contribution in [3.63, 3.8) is 0 Å². The smallest absolute Gasteiger partial charge is 0.251 e. The van der Waals surface area contributed by atoms with Gasteiger partial charge >= 0.3 is 0 Å². The minimum absolute atomic E-state index is 0.0305. The van der Waals surface area contributed by atoms with Crippen LogP contribution in [0.1, 0.15) is 48.2 Å². The number of nitrogens with one attached hydrogen (secondary N) is 2. The average molecular weight is 352 g/mol. The predicted octanol–water partition coefficient (Wildman–Crippen LogP) is 3.51. The number of rotatable bonds is 9. The largest absolute Gasteiger partial charge is 0.354 e. The summed E-state index contributed by atoms with van der Waals surface area (Å²) in [4.78, 5) is 24.3. The first-order valence-corrected chi connectivity index (χ1v) is 9.29. The van der Waals surface area contributed by atoms with Crippen LogP contribution in [0.3, 0.4) is 0 Å². The normalized spacial score (nSPS) is 11.6. The minimum atomic E-state index is -0.120. The molecule has 0 spiro atoms. The first-order valence-electron chi connectivity index (χ1n) is 9.29. The number of hydrogen-bond acceptors (Lipinski definition) is 2. The highest BCUT2D eigenvalue weighted by Crippen LogP contribution is 2.13. The number of hydrogen-bond donors (Lipinski definition) is 2. The van der Waals surface area contributed by atoms with Gasteiger partial charge in [0.2, 0.25) is 5.91 Å². The second kappa shape index (κ2) is 10.4. The van der Waals surface area contributed by atoms with Gasteiger partial charge in [0.25, 0.3) is 5.91 Å². The van der Waals surface area contributed by atoms with Crippen LogP contribution in [-0.4, -0.2) is 24.4 Å². The Bertz CT molecular complexity index is 713. The van der Waals surface area contributed by atoms with Crippen molar-refractivity contribution in [3.8, 4) is 0 Å². The molecule has 2 rings (SSSR count). The highest BCUT2D eigenvalue weighted by molar-refractivity contribution is 5.95. The summed E-state index contributed by atoms with van der Waals surface area (Å²) in [5.74, 6) is -0.151. The van der Waals surface area contributed by atoms with Crippen molar-refractivity contribution in [1.82, 2.24) is 10.6 Å². The van der Waals surface area contributed by atoms with Crippen molar-refractivity contribution in [2.75, 3.05) is 6.54 Å². The second-order valence-corrected chi connectivity index (χ2v) is 6.53. The third-order valence-corrected chi connectivity index (χ3v) is 4.45. The van der Waals surface area contributed by atoms with E-state index in [1.807, 2.05) is 56.3 Å². The first kappa shape index (κ1) is 19.7. The van der Waals surface area contributed by atoms with Gasteiger partial charge in [0.15, 0.2) is 0 Å². The number of benzene rings is 2. The minimum Gasteiger partial charge on any atom is -0.354 e. The van der Waals surface area contributed by atoms with E-state index in [1.165, 1.54) is 5.56 Å². The van der Waals surface area contributed by atoms with Crippen LogP contribution in [0.5, 0.6) is 0 Å². The Morgan fingerprint density at radius 3 is 2.38 bits per heavy atom. The van der Waals surface area contributed by atoms with Gasteiger partial charge in [0, 0.05) is 24.6 Å². The molecule has 1 unspecified atom stereocenters. The summed E-state index contributed by atoms with van der Waals surface area (Å²) in [6, 6.07) is 18.1. The Kier molecular flexibility index (Phi) is 7.87. The van der Waals surface area contributed by atoms with Gasteiger partial charge < -0.3 is 10.6 Å². The Hall–Kier alpha value is -2.62. The molecule has 0 aromatic heterocycles. The fourth-order valence-corrected chi connectivity index (χ4v) is 2.72. The van der Waals surface area contributed by atoms with Gasteiger partial charge in [-0.3, -0.25) is 9.59 Å². The lowest BCUT2D eigenvalue weighted by Gasteiger charge is -2.12. The number of amides is 2. The molecule has 0 aliphatic rings. The average Bonchev–Trinajstić information content (AvgIpc) is 2.67. The van der Waals surface area contributed by atoms with Crippen LogP contribution in [-0.2, 0) is 17.6 Å². The van der Waals surface area contributed by atoms with Gasteiger partial charge in [-0.1, -0.05) is 55.5 Å². The fourth-order valence-electron chi connectivity index (χ4n) is 2.72. The molecule has 4 heteroatoms. The zero-order valence-corrected chi connectivity index (χ0v) is 15.6. The van der Waals surface area contributed by atoms with Crippen molar-refractivity contribution in [2.45, 2.75) is 45.6 Å². The van der Waals surface area contributed by atoms with Gasteiger partial charge in [-0.25, -0.2) is 0 Å². The molecule has 2 N–H and O–H groups in total. The van der Waals surface area contributed by atoms with Gasteiger partial charge in [-0.05, 0) is 43.4 Å². The van der Waals surface area contributed by atoms with Crippen molar-refractivity contribution >= 4 is 11.8 Å². The van der Waals surface area contributed by atoms with Crippen LogP contribution >= 0.6 is 0 Å². The zero-order valence-electron chi connectivity index (χ0n) is 15.6. The van der Waals surface area contributed by atoms with E-state index in [0.29, 0.717) is 18.5 Å². The van der Waals surface area contributed by atoms with E-state index >= 15 is 0 Å². The lowest BCUT2D eigenvalue weighted by molar-refractivity contribution is -0.121. The molecule has 0 bridgehead atoms. The zero-order chi connectivity index (χ0) is 18.8. The van der Waals surface area contributed by atoms with E-state index in [2.05, 4.69) is 22.8 Å². The molecule has 0 heterocycles. The lowest BCUT2D eigenvalue weighted by Crippen LogP contribution is -2.35. The molecule has 0 radical (unpaired) electrons.